The molecule has 0 amide bonds. The van der Waals surface area contributed by atoms with Gasteiger partial charge in [0, 0.05) is 24.8 Å². The number of H-pyrrole nitrogens is 2. The fraction of sp³-hybridized carbons (Fsp3) is 0.538. The van der Waals surface area contributed by atoms with E-state index in [2.05, 4.69) is 42.3 Å². The van der Waals surface area contributed by atoms with Crippen molar-refractivity contribution in [2.75, 3.05) is 23.3 Å². The molecule has 0 aliphatic carbocycles. The second kappa shape index (κ2) is 5.94. The number of hydrogen-bond donors (Lipinski definition) is 3. The van der Waals surface area contributed by atoms with Gasteiger partial charge in [0.05, 0.1) is 6.54 Å². The molecule has 3 N–H and O–H groups in total. The van der Waals surface area contributed by atoms with Gasteiger partial charge in [0.2, 0.25) is 5.95 Å². The predicted octanol–water partition coefficient (Wildman–Crippen LogP) is 0.663. The standard InChI is InChI=1S/C13H19N7O/c1-2-9-7-10(14-8-11-17-13(21)19-18-11)16-12(15-9)20-5-3-4-6-20/h7H,2-6,8H2,1H3,(H,14,15,16)(H2,17,18,19,21). The van der Waals surface area contributed by atoms with Crippen LogP contribution in [0.1, 0.15) is 31.3 Å². The van der Waals surface area contributed by atoms with Crippen molar-refractivity contribution in [3.05, 3.63) is 28.1 Å². The van der Waals surface area contributed by atoms with Gasteiger partial charge in [0.1, 0.15) is 11.6 Å². The summed E-state index contributed by atoms with van der Waals surface area (Å²) in [6, 6.07) is 1.93. The first-order valence-corrected chi connectivity index (χ1v) is 7.25. The number of aromatic amines is 2. The average molecular weight is 289 g/mol. The molecule has 0 saturated carbocycles. The van der Waals surface area contributed by atoms with Crippen LogP contribution in [0.5, 0.6) is 0 Å². The van der Waals surface area contributed by atoms with Gasteiger partial charge in [0.25, 0.3) is 0 Å². The largest absolute Gasteiger partial charge is 0.363 e. The van der Waals surface area contributed by atoms with Crippen LogP contribution in [0, 0.1) is 0 Å². The van der Waals surface area contributed by atoms with E-state index in [1.807, 2.05) is 6.07 Å². The van der Waals surface area contributed by atoms with E-state index in [0.29, 0.717) is 12.4 Å². The lowest BCUT2D eigenvalue weighted by Gasteiger charge is -2.17. The van der Waals surface area contributed by atoms with E-state index in [0.717, 1.165) is 37.0 Å². The Morgan fingerprint density at radius 1 is 1.33 bits per heavy atom. The van der Waals surface area contributed by atoms with E-state index in [1.54, 1.807) is 0 Å². The summed E-state index contributed by atoms with van der Waals surface area (Å²) >= 11 is 0. The van der Waals surface area contributed by atoms with E-state index in [9.17, 15) is 4.79 Å². The molecule has 1 aliphatic rings. The first-order valence-electron chi connectivity index (χ1n) is 7.25. The third-order valence-corrected chi connectivity index (χ3v) is 3.51. The smallest absolute Gasteiger partial charge is 0.340 e. The third-order valence-electron chi connectivity index (χ3n) is 3.51. The SMILES string of the molecule is CCc1cc(NCc2n[nH]c(=O)[nH]2)nc(N2CCCC2)n1. The zero-order valence-corrected chi connectivity index (χ0v) is 12.0. The van der Waals surface area contributed by atoms with Gasteiger partial charge in [-0.1, -0.05) is 6.92 Å². The number of rotatable bonds is 5. The van der Waals surface area contributed by atoms with E-state index in [-0.39, 0.29) is 5.69 Å². The van der Waals surface area contributed by atoms with Gasteiger partial charge < -0.3 is 10.2 Å². The van der Waals surface area contributed by atoms with Gasteiger partial charge in [-0.2, -0.15) is 10.1 Å². The van der Waals surface area contributed by atoms with Gasteiger partial charge in [0.15, 0.2) is 0 Å². The van der Waals surface area contributed by atoms with Crippen LogP contribution >= 0.6 is 0 Å². The lowest BCUT2D eigenvalue weighted by atomic mass is 10.3. The molecule has 0 bridgehead atoms. The maximum absolute atomic E-state index is 11.0. The fourth-order valence-electron chi connectivity index (χ4n) is 2.38. The molecular formula is C13H19N7O. The molecule has 3 heterocycles. The number of aryl methyl sites for hydroxylation is 1. The molecule has 0 unspecified atom stereocenters. The predicted molar refractivity (Wildman–Crippen MR) is 79.4 cm³/mol. The number of nitrogens with zero attached hydrogens (tertiary/aromatic N) is 4. The summed E-state index contributed by atoms with van der Waals surface area (Å²) in [5, 5.41) is 9.39. The highest BCUT2D eigenvalue weighted by Crippen LogP contribution is 2.19. The van der Waals surface area contributed by atoms with Gasteiger partial charge in [-0.15, -0.1) is 0 Å². The van der Waals surface area contributed by atoms with E-state index in [4.69, 9.17) is 0 Å². The minimum atomic E-state index is -0.304. The van der Waals surface area contributed by atoms with Crippen molar-refractivity contribution in [3.63, 3.8) is 0 Å². The summed E-state index contributed by atoms with van der Waals surface area (Å²) in [5.74, 6) is 2.09. The summed E-state index contributed by atoms with van der Waals surface area (Å²) in [6.45, 7) is 4.52. The quantitative estimate of drug-likeness (QED) is 0.747. The molecule has 0 atom stereocenters. The molecule has 0 radical (unpaired) electrons. The van der Waals surface area contributed by atoms with Crippen molar-refractivity contribution < 1.29 is 0 Å². The Labute approximate surface area is 122 Å². The normalized spacial score (nSPS) is 14.6. The summed E-state index contributed by atoms with van der Waals surface area (Å²) in [4.78, 5) is 25.0. The Morgan fingerprint density at radius 2 is 2.14 bits per heavy atom. The second-order valence-corrected chi connectivity index (χ2v) is 5.07. The Kier molecular flexibility index (Phi) is 3.85. The van der Waals surface area contributed by atoms with Crippen LogP contribution in [0.25, 0.3) is 0 Å². The summed E-state index contributed by atoms with van der Waals surface area (Å²) in [7, 11) is 0. The van der Waals surface area contributed by atoms with Gasteiger partial charge in [-0.25, -0.2) is 14.9 Å². The van der Waals surface area contributed by atoms with E-state index >= 15 is 0 Å². The summed E-state index contributed by atoms with van der Waals surface area (Å²) in [5.41, 5.74) is 0.700. The van der Waals surface area contributed by atoms with Crippen LogP contribution in [-0.4, -0.2) is 38.2 Å². The van der Waals surface area contributed by atoms with Crippen LogP contribution in [0.3, 0.4) is 0 Å². The van der Waals surface area contributed by atoms with Gasteiger partial charge in [-0.05, 0) is 19.3 Å². The van der Waals surface area contributed by atoms with Crippen molar-refractivity contribution in [1.29, 1.82) is 0 Å². The molecule has 8 nitrogen and oxygen atoms in total. The first-order chi connectivity index (χ1) is 10.2. The van der Waals surface area contributed by atoms with Crippen LogP contribution in [0.2, 0.25) is 0 Å². The summed E-state index contributed by atoms with van der Waals surface area (Å²) in [6.07, 6.45) is 3.24. The Morgan fingerprint density at radius 3 is 2.81 bits per heavy atom. The van der Waals surface area contributed by atoms with Crippen LogP contribution < -0.4 is 15.9 Å². The van der Waals surface area contributed by atoms with Gasteiger partial charge >= 0.3 is 5.69 Å². The maximum Gasteiger partial charge on any atom is 0.340 e. The van der Waals surface area contributed by atoms with Crippen LogP contribution in [0.4, 0.5) is 11.8 Å². The average Bonchev–Trinajstić information content (AvgIpc) is 3.16. The maximum atomic E-state index is 11.0. The highest BCUT2D eigenvalue weighted by Gasteiger charge is 2.16. The molecule has 0 spiro atoms. The highest BCUT2D eigenvalue weighted by molar-refractivity contribution is 5.44. The lowest BCUT2D eigenvalue weighted by molar-refractivity contribution is 0.868. The zero-order chi connectivity index (χ0) is 14.7. The molecule has 0 aromatic carbocycles. The molecular weight excluding hydrogens is 270 g/mol. The minimum Gasteiger partial charge on any atom is -0.363 e. The van der Waals surface area contributed by atoms with Crippen LogP contribution in [0.15, 0.2) is 10.9 Å². The lowest BCUT2D eigenvalue weighted by Crippen LogP contribution is -2.21. The molecule has 1 aliphatic heterocycles. The minimum absolute atomic E-state index is 0.304. The Hall–Kier alpha value is -2.38. The first kappa shape index (κ1) is 13.6. The van der Waals surface area contributed by atoms with Crippen molar-refractivity contribution in [3.8, 4) is 0 Å². The molecule has 2 aromatic heterocycles. The second-order valence-electron chi connectivity index (χ2n) is 5.07. The monoisotopic (exact) mass is 289 g/mol. The molecule has 3 rings (SSSR count). The number of anilines is 2. The van der Waals surface area contributed by atoms with E-state index in [1.165, 1.54) is 12.8 Å². The Bertz CT molecular complexity index is 657. The van der Waals surface area contributed by atoms with Crippen LogP contribution in [-0.2, 0) is 13.0 Å². The van der Waals surface area contributed by atoms with E-state index < -0.39 is 0 Å². The Balaban J connectivity index is 1.76. The third kappa shape index (κ3) is 3.21. The van der Waals surface area contributed by atoms with Crippen molar-refractivity contribution in [1.82, 2.24) is 25.1 Å². The molecule has 1 fully saturated rings. The molecule has 2 aromatic rings. The van der Waals surface area contributed by atoms with Gasteiger partial charge in [-0.3, -0.25) is 4.98 Å². The molecule has 21 heavy (non-hydrogen) atoms. The van der Waals surface area contributed by atoms with Crippen molar-refractivity contribution in [2.24, 2.45) is 0 Å². The fourth-order valence-corrected chi connectivity index (χ4v) is 2.38. The van der Waals surface area contributed by atoms with Crippen molar-refractivity contribution >= 4 is 11.8 Å². The number of hydrogen-bond acceptors (Lipinski definition) is 6. The molecule has 8 heteroatoms. The topological polar surface area (TPSA) is 103 Å². The molecule has 112 valence electrons. The molecule has 1 saturated heterocycles. The zero-order valence-electron chi connectivity index (χ0n) is 12.0. The number of aromatic nitrogens is 5. The highest BCUT2D eigenvalue weighted by atomic mass is 16.1. The van der Waals surface area contributed by atoms with Crippen molar-refractivity contribution in [2.45, 2.75) is 32.7 Å². The number of nitrogens with one attached hydrogen (secondary N) is 3. The summed E-state index contributed by atoms with van der Waals surface area (Å²) < 4.78 is 0.